The molecule has 3 nitrogen and oxygen atoms in total. The number of likely N-dealkylation sites (tertiary alicyclic amines) is 1. The second-order valence-corrected chi connectivity index (χ2v) is 7.59. The van der Waals surface area contributed by atoms with E-state index in [1.807, 2.05) is 45.9 Å². The zero-order valence-corrected chi connectivity index (χ0v) is 19.6. The first-order valence-electron chi connectivity index (χ1n) is 10.7. The van der Waals surface area contributed by atoms with Gasteiger partial charge in [-0.1, -0.05) is 62.7 Å². The van der Waals surface area contributed by atoms with E-state index in [0.717, 1.165) is 42.3 Å². The molecule has 1 aromatic carbocycles. The minimum Gasteiger partial charge on any atom is -0.381 e. The van der Waals surface area contributed by atoms with Crippen LogP contribution in [0.5, 0.6) is 0 Å². The van der Waals surface area contributed by atoms with Gasteiger partial charge in [0.05, 0.1) is 0 Å². The molecule has 1 aliphatic heterocycles. The third-order valence-corrected chi connectivity index (χ3v) is 5.48. The highest BCUT2D eigenvalue weighted by Gasteiger charge is 2.33. The normalized spacial score (nSPS) is 16.4. The molecule has 0 spiro atoms. The molecule has 1 atom stereocenters. The fourth-order valence-electron chi connectivity index (χ4n) is 3.17. The zero-order chi connectivity index (χ0) is 21.8. The van der Waals surface area contributed by atoms with Crippen molar-refractivity contribution in [3.63, 3.8) is 0 Å². The second kappa shape index (κ2) is 13.4. The molecular weight excluding hydrogens is 380 g/mol. The average molecular weight is 417 g/mol. The number of rotatable bonds is 9. The first-order chi connectivity index (χ1) is 13.9. The van der Waals surface area contributed by atoms with Crippen molar-refractivity contribution < 1.29 is 4.79 Å². The lowest BCUT2D eigenvalue weighted by molar-refractivity contribution is -0.126. The Morgan fingerprint density at radius 3 is 2.59 bits per heavy atom. The molecule has 1 aromatic rings. The SMILES string of the molecule is CC.C\C=C/C=C(\C=C\C(CC)N1CC(C(C)=O)C1)NCc1ccc(Cl)c(C)c1. The number of nitrogens with one attached hydrogen (secondary N) is 1. The Morgan fingerprint density at radius 2 is 2.03 bits per heavy atom. The van der Waals surface area contributed by atoms with Crippen molar-refractivity contribution in [2.24, 2.45) is 5.92 Å². The topological polar surface area (TPSA) is 32.3 Å². The molecule has 0 aromatic heterocycles. The summed E-state index contributed by atoms with van der Waals surface area (Å²) in [7, 11) is 0. The van der Waals surface area contributed by atoms with Crippen LogP contribution in [0.1, 0.15) is 52.2 Å². The highest BCUT2D eigenvalue weighted by Crippen LogP contribution is 2.22. The molecule has 4 heteroatoms. The molecule has 1 fully saturated rings. The number of benzene rings is 1. The van der Waals surface area contributed by atoms with Gasteiger partial charge in [-0.3, -0.25) is 9.69 Å². The van der Waals surface area contributed by atoms with Crippen molar-refractivity contribution in [2.75, 3.05) is 13.1 Å². The lowest BCUT2D eigenvalue weighted by Gasteiger charge is -2.42. The average Bonchev–Trinajstić information content (AvgIpc) is 2.68. The maximum atomic E-state index is 11.5. The summed E-state index contributed by atoms with van der Waals surface area (Å²) < 4.78 is 0. The summed E-state index contributed by atoms with van der Waals surface area (Å²) in [6.45, 7) is 14.4. The molecule has 0 radical (unpaired) electrons. The van der Waals surface area contributed by atoms with E-state index in [1.54, 1.807) is 6.92 Å². The van der Waals surface area contributed by atoms with Crippen molar-refractivity contribution in [3.05, 3.63) is 70.4 Å². The monoisotopic (exact) mass is 416 g/mol. The molecule has 29 heavy (non-hydrogen) atoms. The number of Topliss-reactive ketones (excluding diaryl/α,β-unsaturated/α-hetero) is 1. The Bertz CT molecular complexity index is 730. The fourth-order valence-corrected chi connectivity index (χ4v) is 3.28. The van der Waals surface area contributed by atoms with Crippen LogP contribution >= 0.6 is 11.6 Å². The third kappa shape index (κ3) is 8.20. The third-order valence-electron chi connectivity index (χ3n) is 5.06. The summed E-state index contributed by atoms with van der Waals surface area (Å²) in [4.78, 5) is 13.8. The molecule has 160 valence electrons. The van der Waals surface area contributed by atoms with Gasteiger partial charge < -0.3 is 5.32 Å². The molecule has 0 bridgehead atoms. The summed E-state index contributed by atoms with van der Waals surface area (Å²) in [6, 6.07) is 6.48. The first kappa shape index (κ1) is 25.2. The number of hydrogen-bond donors (Lipinski definition) is 1. The van der Waals surface area contributed by atoms with E-state index in [2.05, 4.69) is 47.5 Å². The van der Waals surface area contributed by atoms with Gasteiger partial charge in [-0.2, -0.15) is 0 Å². The van der Waals surface area contributed by atoms with Crippen LogP contribution in [-0.4, -0.2) is 29.8 Å². The predicted molar refractivity (Wildman–Crippen MR) is 126 cm³/mol. The summed E-state index contributed by atoms with van der Waals surface area (Å²) in [5, 5.41) is 4.30. The number of aryl methyl sites for hydroxylation is 1. The molecular formula is C25H37ClN2O. The Balaban J connectivity index is 0.00000204. The summed E-state index contributed by atoms with van der Waals surface area (Å²) in [6.07, 6.45) is 11.6. The van der Waals surface area contributed by atoms with Crippen molar-refractivity contribution in [2.45, 2.75) is 60.5 Å². The predicted octanol–water partition coefficient (Wildman–Crippen LogP) is 6.08. The number of carbonyl (C=O) groups excluding carboxylic acids is 1. The zero-order valence-electron chi connectivity index (χ0n) is 18.8. The van der Waals surface area contributed by atoms with Crippen LogP contribution in [0.3, 0.4) is 0 Å². The lowest BCUT2D eigenvalue weighted by Crippen LogP contribution is -2.53. The van der Waals surface area contributed by atoms with Crippen molar-refractivity contribution >= 4 is 17.4 Å². The standard InChI is InChI=1S/C23H31ClN2O.C2H6/c1-5-7-8-21(25-14-19-9-12-23(24)17(3)13-19)10-11-22(6-2)26-15-20(16-26)18(4)27;1-2/h5,7-13,20,22,25H,6,14-16H2,1-4H3;1-2H3/b7-5-,11-10+,21-8+;. The van der Waals surface area contributed by atoms with E-state index < -0.39 is 0 Å². The number of ketones is 1. The minimum absolute atomic E-state index is 0.219. The van der Waals surface area contributed by atoms with E-state index in [-0.39, 0.29) is 5.92 Å². The first-order valence-corrected chi connectivity index (χ1v) is 11.1. The Kier molecular flexibility index (Phi) is 11.6. The maximum Gasteiger partial charge on any atom is 0.135 e. The smallest absolute Gasteiger partial charge is 0.135 e. The number of hydrogen-bond acceptors (Lipinski definition) is 3. The van der Waals surface area contributed by atoms with Crippen molar-refractivity contribution in [1.82, 2.24) is 10.2 Å². The van der Waals surface area contributed by atoms with Gasteiger partial charge >= 0.3 is 0 Å². The van der Waals surface area contributed by atoms with Gasteiger partial charge in [0.2, 0.25) is 0 Å². The van der Waals surface area contributed by atoms with Crippen molar-refractivity contribution in [1.29, 1.82) is 0 Å². The Morgan fingerprint density at radius 1 is 1.34 bits per heavy atom. The van der Waals surface area contributed by atoms with Crippen molar-refractivity contribution in [3.8, 4) is 0 Å². The molecule has 1 unspecified atom stereocenters. The van der Waals surface area contributed by atoms with Gasteiger partial charge in [0.1, 0.15) is 5.78 Å². The molecule has 1 heterocycles. The summed E-state index contributed by atoms with van der Waals surface area (Å²) >= 11 is 6.11. The van der Waals surface area contributed by atoms with Gasteiger partial charge in [-0.15, -0.1) is 0 Å². The molecule has 0 saturated carbocycles. The molecule has 2 rings (SSSR count). The number of halogens is 1. The molecule has 0 aliphatic carbocycles. The van der Waals surface area contributed by atoms with Crippen LogP contribution in [0.2, 0.25) is 5.02 Å². The van der Waals surface area contributed by atoms with Crippen LogP contribution < -0.4 is 5.32 Å². The quantitative estimate of drug-likeness (QED) is 0.495. The van der Waals surface area contributed by atoms with Crippen LogP contribution in [0.4, 0.5) is 0 Å². The van der Waals surface area contributed by atoms with E-state index in [9.17, 15) is 4.79 Å². The van der Waals surface area contributed by atoms with Crippen LogP contribution in [0, 0.1) is 12.8 Å². The summed E-state index contributed by atoms with van der Waals surface area (Å²) in [5.41, 5.74) is 3.37. The van der Waals surface area contributed by atoms with Gasteiger partial charge in [0, 0.05) is 42.3 Å². The van der Waals surface area contributed by atoms with Crippen LogP contribution in [0.25, 0.3) is 0 Å². The maximum absolute atomic E-state index is 11.5. The van der Waals surface area contributed by atoms with Gasteiger partial charge in [-0.05, 0) is 56.5 Å². The lowest BCUT2D eigenvalue weighted by atomic mass is 9.93. The van der Waals surface area contributed by atoms with E-state index in [1.165, 1.54) is 5.56 Å². The minimum atomic E-state index is 0.219. The van der Waals surface area contributed by atoms with E-state index >= 15 is 0 Å². The fraction of sp³-hybridized carbons (Fsp3) is 0.480. The van der Waals surface area contributed by atoms with Gasteiger partial charge in [-0.25, -0.2) is 0 Å². The van der Waals surface area contributed by atoms with Crippen LogP contribution in [-0.2, 0) is 11.3 Å². The highest BCUT2D eigenvalue weighted by molar-refractivity contribution is 6.31. The summed E-state index contributed by atoms with van der Waals surface area (Å²) in [5.74, 6) is 0.524. The van der Waals surface area contributed by atoms with E-state index in [0.29, 0.717) is 11.8 Å². The second-order valence-electron chi connectivity index (χ2n) is 7.18. The van der Waals surface area contributed by atoms with Gasteiger partial charge in [0.25, 0.3) is 0 Å². The van der Waals surface area contributed by atoms with Gasteiger partial charge in [0.15, 0.2) is 0 Å². The molecule has 1 aliphatic rings. The number of nitrogens with zero attached hydrogens (tertiary/aromatic N) is 1. The Hall–Kier alpha value is -1.84. The van der Waals surface area contributed by atoms with Crippen LogP contribution in [0.15, 0.2) is 54.3 Å². The number of carbonyl (C=O) groups is 1. The molecule has 1 saturated heterocycles. The highest BCUT2D eigenvalue weighted by atomic mass is 35.5. The number of allylic oxidation sites excluding steroid dienone is 4. The van der Waals surface area contributed by atoms with E-state index in [4.69, 9.17) is 11.6 Å². The largest absolute Gasteiger partial charge is 0.381 e. The molecule has 0 amide bonds. The molecule has 1 N–H and O–H groups in total. The Labute approximate surface area is 182 Å².